The average Bonchev–Trinajstić information content (AvgIpc) is 3.15. The molecule has 0 fully saturated rings. The minimum absolute atomic E-state index is 0.0647. The van der Waals surface area contributed by atoms with Crippen molar-refractivity contribution in [3.63, 3.8) is 0 Å². The summed E-state index contributed by atoms with van der Waals surface area (Å²) in [5.74, 6) is -0.173. The van der Waals surface area contributed by atoms with Crippen molar-refractivity contribution in [1.82, 2.24) is 5.32 Å². The number of rotatable bonds is 44. The first-order chi connectivity index (χ1) is 27.0. The van der Waals surface area contributed by atoms with E-state index >= 15 is 0 Å². The SMILES string of the molecule is CCCCCCCCCCCCC/C=C/[C@H](O)[C@@H](COP(=O)(O)OCC[N+](C)(C)C)NC(=O)CCCCCCCCCCCCCCCCCCCCCCC. The molecule has 0 saturated carbocycles. The van der Waals surface area contributed by atoms with Gasteiger partial charge in [-0.15, -0.1) is 0 Å². The van der Waals surface area contributed by atoms with Crippen LogP contribution in [0.4, 0.5) is 0 Å². The van der Waals surface area contributed by atoms with Crippen LogP contribution in [0.1, 0.15) is 232 Å². The molecule has 56 heavy (non-hydrogen) atoms. The molecule has 3 N–H and O–H groups in total. The number of nitrogens with one attached hydrogen (secondary N) is 1. The predicted octanol–water partition coefficient (Wildman–Crippen LogP) is 13.5. The number of quaternary nitrogens is 1. The van der Waals surface area contributed by atoms with Crippen LogP contribution in [0.2, 0.25) is 0 Å². The number of nitrogens with zero attached hydrogens (tertiary/aromatic N) is 1. The van der Waals surface area contributed by atoms with Gasteiger partial charge in [0.25, 0.3) is 0 Å². The van der Waals surface area contributed by atoms with Crippen LogP contribution in [0.5, 0.6) is 0 Å². The van der Waals surface area contributed by atoms with Gasteiger partial charge in [-0.2, -0.15) is 0 Å². The molecule has 0 heterocycles. The number of aliphatic hydroxyl groups excluding tert-OH is 1. The maximum Gasteiger partial charge on any atom is 0.472 e. The maximum atomic E-state index is 12.9. The third kappa shape index (κ3) is 41.4. The first-order valence-electron chi connectivity index (χ1n) is 24.1. The Morgan fingerprint density at radius 2 is 0.946 bits per heavy atom. The number of carbonyl (C=O) groups is 1. The molecule has 0 aliphatic rings. The highest BCUT2D eigenvalue weighted by Gasteiger charge is 2.27. The normalized spacial score (nSPS) is 14.3. The van der Waals surface area contributed by atoms with Crippen LogP contribution in [-0.4, -0.2) is 73.4 Å². The number of carbonyl (C=O) groups excluding carboxylic acids is 1. The van der Waals surface area contributed by atoms with Crippen LogP contribution < -0.4 is 5.32 Å². The monoisotopic (exact) mass is 816 g/mol. The molecule has 0 radical (unpaired) electrons. The second-order valence-electron chi connectivity index (χ2n) is 17.8. The summed E-state index contributed by atoms with van der Waals surface area (Å²) >= 11 is 0. The van der Waals surface area contributed by atoms with Crippen LogP contribution >= 0.6 is 7.82 Å². The van der Waals surface area contributed by atoms with E-state index in [0.29, 0.717) is 17.4 Å². The molecule has 0 aromatic carbocycles. The van der Waals surface area contributed by atoms with E-state index in [9.17, 15) is 19.4 Å². The fourth-order valence-corrected chi connectivity index (χ4v) is 7.90. The minimum Gasteiger partial charge on any atom is -0.387 e. The van der Waals surface area contributed by atoms with E-state index in [1.807, 2.05) is 27.2 Å². The summed E-state index contributed by atoms with van der Waals surface area (Å²) in [5, 5.41) is 13.8. The molecule has 0 aromatic rings. The van der Waals surface area contributed by atoms with E-state index in [0.717, 1.165) is 38.5 Å². The first-order valence-corrected chi connectivity index (χ1v) is 25.6. The summed E-state index contributed by atoms with van der Waals surface area (Å²) in [6.45, 7) is 4.83. The van der Waals surface area contributed by atoms with Crippen LogP contribution in [-0.2, 0) is 18.4 Å². The Bertz CT molecular complexity index is 927. The van der Waals surface area contributed by atoms with Gasteiger partial charge < -0.3 is 19.8 Å². The van der Waals surface area contributed by atoms with Crippen molar-refractivity contribution in [2.24, 2.45) is 0 Å². The summed E-state index contributed by atoms with van der Waals surface area (Å²) in [6.07, 6.45) is 45.7. The van der Waals surface area contributed by atoms with E-state index in [1.165, 1.54) is 173 Å². The van der Waals surface area contributed by atoms with E-state index < -0.39 is 20.0 Å². The molecule has 0 rings (SSSR count). The van der Waals surface area contributed by atoms with Gasteiger partial charge in [-0.1, -0.05) is 219 Å². The van der Waals surface area contributed by atoms with Gasteiger partial charge in [0.1, 0.15) is 13.2 Å². The summed E-state index contributed by atoms with van der Waals surface area (Å²) < 4.78 is 23.6. The fraction of sp³-hybridized carbons (Fsp3) is 0.936. The molecule has 0 spiro atoms. The molecule has 334 valence electrons. The Morgan fingerprint density at radius 1 is 0.589 bits per heavy atom. The average molecular weight is 816 g/mol. The largest absolute Gasteiger partial charge is 0.472 e. The second-order valence-corrected chi connectivity index (χ2v) is 19.3. The first kappa shape index (κ1) is 55.2. The lowest BCUT2D eigenvalue weighted by Gasteiger charge is -2.25. The number of amides is 1. The molecule has 0 aliphatic carbocycles. The zero-order valence-electron chi connectivity index (χ0n) is 37.9. The second kappa shape index (κ2) is 39.7. The highest BCUT2D eigenvalue weighted by atomic mass is 31.2. The van der Waals surface area contributed by atoms with Crippen LogP contribution in [0, 0.1) is 0 Å². The molecule has 0 aliphatic heterocycles. The van der Waals surface area contributed by atoms with Gasteiger partial charge in [0.05, 0.1) is 39.9 Å². The Labute approximate surface area is 348 Å². The number of allylic oxidation sites excluding steroid dienone is 1. The summed E-state index contributed by atoms with van der Waals surface area (Å²) in [5.41, 5.74) is 0. The van der Waals surface area contributed by atoms with Crippen LogP contribution in [0.15, 0.2) is 12.2 Å². The predicted molar refractivity (Wildman–Crippen MR) is 240 cm³/mol. The number of hydrogen-bond donors (Lipinski definition) is 3. The summed E-state index contributed by atoms with van der Waals surface area (Å²) in [7, 11) is 1.58. The fourth-order valence-electron chi connectivity index (χ4n) is 7.16. The number of likely N-dealkylation sites (N-methyl/N-ethyl adjacent to an activating group) is 1. The summed E-state index contributed by atoms with van der Waals surface area (Å²) in [4.78, 5) is 23.1. The van der Waals surface area contributed by atoms with Gasteiger partial charge in [-0.25, -0.2) is 4.57 Å². The van der Waals surface area contributed by atoms with Crippen molar-refractivity contribution in [3.05, 3.63) is 12.2 Å². The molecule has 1 unspecified atom stereocenters. The lowest BCUT2D eigenvalue weighted by atomic mass is 10.0. The quantitative estimate of drug-likeness (QED) is 0.0245. The number of aliphatic hydroxyl groups is 1. The molecule has 0 aromatic heterocycles. The van der Waals surface area contributed by atoms with E-state index in [2.05, 4.69) is 19.2 Å². The van der Waals surface area contributed by atoms with Gasteiger partial charge in [-0.05, 0) is 19.3 Å². The zero-order valence-corrected chi connectivity index (χ0v) is 38.8. The van der Waals surface area contributed by atoms with Crippen molar-refractivity contribution in [3.8, 4) is 0 Å². The number of hydrogen-bond acceptors (Lipinski definition) is 5. The molecule has 9 heteroatoms. The Morgan fingerprint density at radius 3 is 1.32 bits per heavy atom. The van der Waals surface area contributed by atoms with Crippen LogP contribution in [0.25, 0.3) is 0 Å². The molecular weight excluding hydrogens is 719 g/mol. The highest BCUT2D eigenvalue weighted by molar-refractivity contribution is 7.47. The Hall–Kier alpha value is -0.760. The van der Waals surface area contributed by atoms with Crippen LogP contribution in [0.3, 0.4) is 0 Å². The van der Waals surface area contributed by atoms with Crippen molar-refractivity contribution in [2.75, 3.05) is 40.9 Å². The molecule has 1 amide bonds. The third-order valence-electron chi connectivity index (χ3n) is 11.0. The summed E-state index contributed by atoms with van der Waals surface area (Å²) in [6, 6.07) is -0.839. The van der Waals surface area contributed by atoms with Gasteiger partial charge in [-0.3, -0.25) is 13.8 Å². The molecule has 3 atom stereocenters. The van der Waals surface area contributed by atoms with E-state index in [1.54, 1.807) is 6.08 Å². The van der Waals surface area contributed by atoms with E-state index in [4.69, 9.17) is 9.05 Å². The van der Waals surface area contributed by atoms with Gasteiger partial charge in [0.2, 0.25) is 5.91 Å². The Kier molecular flexibility index (Phi) is 39.1. The van der Waals surface area contributed by atoms with Gasteiger partial charge in [0, 0.05) is 6.42 Å². The number of phosphoric ester groups is 1. The minimum atomic E-state index is -4.33. The highest BCUT2D eigenvalue weighted by Crippen LogP contribution is 2.43. The lowest BCUT2D eigenvalue weighted by molar-refractivity contribution is -0.870. The molecule has 0 saturated heterocycles. The molecule has 0 bridgehead atoms. The number of unbranched alkanes of at least 4 members (excludes halogenated alkanes) is 31. The number of phosphoric acid groups is 1. The standard InChI is InChI=1S/C47H95N2O6P/c1-6-8-10-12-14-16-18-20-21-22-23-24-25-26-27-29-31-33-35-37-39-41-47(51)48-45(44-55-56(52,53)54-43-42-49(3,4)5)46(50)40-38-36-34-32-30-28-19-17-15-13-11-9-7-2/h38,40,45-46,50H,6-37,39,41-44H2,1-5H3,(H-,48,51,52,53)/p+1/b40-38+/t45-,46+/m1/s1. The smallest absolute Gasteiger partial charge is 0.387 e. The van der Waals surface area contributed by atoms with Crippen molar-refractivity contribution in [1.29, 1.82) is 0 Å². The van der Waals surface area contributed by atoms with E-state index in [-0.39, 0.29) is 19.1 Å². The lowest BCUT2D eigenvalue weighted by Crippen LogP contribution is -2.45. The van der Waals surface area contributed by atoms with Crippen molar-refractivity contribution < 1.29 is 32.9 Å². The molecular formula is C47H96N2O6P+. The topological polar surface area (TPSA) is 105 Å². The van der Waals surface area contributed by atoms with Crippen molar-refractivity contribution >= 4 is 13.7 Å². The third-order valence-corrected chi connectivity index (χ3v) is 12.0. The van der Waals surface area contributed by atoms with Gasteiger partial charge >= 0.3 is 7.82 Å². The Balaban J connectivity index is 4.26. The van der Waals surface area contributed by atoms with Crippen molar-refractivity contribution in [2.45, 2.75) is 244 Å². The molecule has 8 nitrogen and oxygen atoms in total. The zero-order chi connectivity index (χ0) is 41.4. The van der Waals surface area contributed by atoms with Gasteiger partial charge in [0.15, 0.2) is 0 Å². The maximum absolute atomic E-state index is 12.9.